The normalized spacial score (nSPS) is 14.3. The van der Waals surface area contributed by atoms with Crippen molar-refractivity contribution in [3.63, 3.8) is 0 Å². The van der Waals surface area contributed by atoms with Gasteiger partial charge in [0.2, 0.25) is 0 Å². The van der Waals surface area contributed by atoms with Crippen molar-refractivity contribution in [1.82, 2.24) is 5.32 Å². The lowest BCUT2D eigenvalue weighted by Gasteiger charge is -2.26. The van der Waals surface area contributed by atoms with Crippen molar-refractivity contribution in [3.8, 4) is 0 Å². The Bertz CT molecular complexity index is 1750. The molecule has 1 aliphatic rings. The highest BCUT2D eigenvalue weighted by molar-refractivity contribution is 6.15. The minimum absolute atomic E-state index is 0.0481. The van der Waals surface area contributed by atoms with Crippen LogP contribution in [0.4, 0.5) is 21.9 Å². The third-order valence-corrected chi connectivity index (χ3v) is 7.35. The number of aromatic carboxylic acids is 1. The number of carboxylic acid groups (broad SMARTS) is 1. The molecule has 0 fully saturated rings. The molecule has 0 bridgehead atoms. The first-order valence-electron chi connectivity index (χ1n) is 13.9. The average Bonchev–Trinajstić information content (AvgIpc) is 3.12. The van der Waals surface area contributed by atoms with Crippen molar-refractivity contribution in [2.75, 3.05) is 28.2 Å². The van der Waals surface area contributed by atoms with Gasteiger partial charge in [-0.25, -0.2) is 9.59 Å². The number of nitrogens with one attached hydrogen (secondary N) is 2. The largest absolute Gasteiger partial charge is 0.478 e. The molecule has 4 amide bonds. The fourth-order valence-corrected chi connectivity index (χ4v) is 5.08. The lowest BCUT2D eigenvalue weighted by molar-refractivity contribution is -0.119. The van der Waals surface area contributed by atoms with Gasteiger partial charge in [0.25, 0.3) is 11.8 Å². The number of hydrogen-bond donors (Lipinski definition) is 3. The maximum Gasteiger partial charge on any atom is 0.335 e. The van der Waals surface area contributed by atoms with Crippen molar-refractivity contribution in [1.29, 1.82) is 0 Å². The van der Waals surface area contributed by atoms with E-state index in [1.807, 2.05) is 32.0 Å². The summed E-state index contributed by atoms with van der Waals surface area (Å²) in [6.45, 7) is 3.14. The Labute approximate surface area is 253 Å². The molecule has 0 saturated carbocycles. The van der Waals surface area contributed by atoms with Gasteiger partial charge in [0.05, 0.1) is 30.0 Å². The number of carbonyl (C=O) groups excluding carboxylic acids is 4. The van der Waals surface area contributed by atoms with Crippen LogP contribution in [0.5, 0.6) is 0 Å². The number of nitrogens with zero attached hydrogens (tertiary/aromatic N) is 2. The lowest BCUT2D eigenvalue weighted by atomic mass is 10.0. The van der Waals surface area contributed by atoms with Gasteiger partial charge < -0.3 is 25.5 Å². The second-order valence-corrected chi connectivity index (χ2v) is 10.5. The molecule has 1 unspecified atom stereocenters. The summed E-state index contributed by atoms with van der Waals surface area (Å²) in [7, 11) is 0. The van der Waals surface area contributed by atoms with Gasteiger partial charge in [0, 0.05) is 16.8 Å². The predicted molar refractivity (Wildman–Crippen MR) is 167 cm³/mol. The zero-order valence-corrected chi connectivity index (χ0v) is 24.1. The summed E-state index contributed by atoms with van der Waals surface area (Å²) >= 11 is 0. The third-order valence-electron chi connectivity index (χ3n) is 7.35. The Balaban J connectivity index is 1.52. The number of carbonyl (C=O) groups is 5. The number of carboxylic acids is 1. The van der Waals surface area contributed by atoms with Crippen LogP contribution in [0.3, 0.4) is 0 Å². The Morgan fingerprint density at radius 3 is 2.18 bits per heavy atom. The molecule has 0 aromatic heterocycles. The highest BCUT2D eigenvalue weighted by atomic mass is 16.4. The third kappa shape index (κ3) is 6.34. The second kappa shape index (κ2) is 12.6. The Morgan fingerprint density at radius 2 is 1.50 bits per heavy atom. The molecule has 5 rings (SSSR count). The van der Waals surface area contributed by atoms with Crippen LogP contribution in [0.1, 0.15) is 42.2 Å². The number of anilines is 3. The molecule has 3 N–H and O–H groups in total. The van der Waals surface area contributed by atoms with E-state index < -0.39 is 23.9 Å². The molecule has 1 heterocycles. The molecule has 44 heavy (non-hydrogen) atoms. The van der Waals surface area contributed by atoms with E-state index >= 15 is 0 Å². The summed E-state index contributed by atoms with van der Waals surface area (Å²) in [6, 6.07) is 24.5. The van der Waals surface area contributed by atoms with Crippen molar-refractivity contribution >= 4 is 46.7 Å². The molecule has 10 heteroatoms. The number of fused-ring (bicyclic) bond motifs is 1. The fourth-order valence-electron chi connectivity index (χ4n) is 5.08. The number of Topliss-reactive ketones (excluding diaryl/α,β-unsaturated/α-hetero) is 1. The summed E-state index contributed by atoms with van der Waals surface area (Å²) in [5.41, 5.74) is 3.56. The predicted octanol–water partition coefficient (Wildman–Crippen LogP) is 5.07. The van der Waals surface area contributed by atoms with Crippen molar-refractivity contribution in [3.05, 3.63) is 125 Å². The van der Waals surface area contributed by atoms with E-state index in [2.05, 4.69) is 10.6 Å². The summed E-state index contributed by atoms with van der Waals surface area (Å²) < 4.78 is 0. The number of rotatable bonds is 7. The van der Waals surface area contributed by atoms with Gasteiger partial charge in [-0.2, -0.15) is 0 Å². The topological polar surface area (TPSA) is 136 Å². The highest BCUT2D eigenvalue weighted by Crippen LogP contribution is 2.35. The van der Waals surface area contributed by atoms with Crippen LogP contribution in [0.2, 0.25) is 0 Å². The van der Waals surface area contributed by atoms with E-state index in [9.17, 15) is 24.0 Å². The molecular formula is C34H30N4O6. The number of amides is 4. The van der Waals surface area contributed by atoms with Crippen molar-refractivity contribution < 1.29 is 29.1 Å². The zero-order chi connectivity index (χ0) is 31.4. The first-order chi connectivity index (χ1) is 21.1. The van der Waals surface area contributed by atoms with Gasteiger partial charge in [0.15, 0.2) is 5.78 Å². The Morgan fingerprint density at radius 1 is 0.818 bits per heavy atom. The van der Waals surface area contributed by atoms with E-state index in [0.717, 1.165) is 11.1 Å². The molecule has 4 aromatic rings. The maximum atomic E-state index is 14.2. The molecule has 0 aliphatic carbocycles. The minimum atomic E-state index is -1.24. The van der Waals surface area contributed by atoms with Gasteiger partial charge in [-0.15, -0.1) is 0 Å². The van der Waals surface area contributed by atoms with Gasteiger partial charge in [-0.05, 0) is 73.5 Å². The number of benzene rings is 4. The first-order valence-corrected chi connectivity index (χ1v) is 13.9. The van der Waals surface area contributed by atoms with E-state index in [1.165, 1.54) is 34.1 Å². The van der Waals surface area contributed by atoms with Gasteiger partial charge in [-0.3, -0.25) is 14.4 Å². The van der Waals surface area contributed by atoms with Crippen LogP contribution in [-0.4, -0.2) is 53.8 Å². The smallest absolute Gasteiger partial charge is 0.335 e. The fraction of sp³-hybridized carbons (Fsp3) is 0.147. The molecule has 1 atom stereocenters. The van der Waals surface area contributed by atoms with E-state index in [1.54, 1.807) is 54.6 Å². The van der Waals surface area contributed by atoms with Crippen molar-refractivity contribution in [2.24, 2.45) is 0 Å². The number of aryl methyl sites for hydroxylation is 2. The number of ketones is 1. The molecule has 0 radical (unpaired) electrons. The minimum Gasteiger partial charge on any atom is -0.478 e. The van der Waals surface area contributed by atoms with E-state index in [-0.39, 0.29) is 30.3 Å². The highest BCUT2D eigenvalue weighted by Gasteiger charge is 2.38. The Hall–Kier alpha value is -5.77. The van der Waals surface area contributed by atoms with Gasteiger partial charge >= 0.3 is 12.0 Å². The quantitative estimate of drug-likeness (QED) is 0.257. The molecule has 10 nitrogen and oxygen atoms in total. The summed E-state index contributed by atoms with van der Waals surface area (Å²) in [6.07, 6.45) is 0. The summed E-state index contributed by atoms with van der Waals surface area (Å²) in [5.74, 6) is -2.36. The summed E-state index contributed by atoms with van der Waals surface area (Å²) in [5, 5.41) is 14.4. The van der Waals surface area contributed by atoms with E-state index in [4.69, 9.17) is 5.11 Å². The monoisotopic (exact) mass is 590 g/mol. The zero-order valence-electron chi connectivity index (χ0n) is 24.1. The molecule has 4 aromatic carbocycles. The maximum absolute atomic E-state index is 14.2. The average molecular weight is 591 g/mol. The SMILES string of the molecule is Cc1ccc2c(c1)N(CC(=O)c1ccccc1C)C(=O)C(NC(=O)Nc1ccc(C(=O)O)cc1)CN2C(=O)c1ccccc1. The van der Waals surface area contributed by atoms with Crippen LogP contribution in [0, 0.1) is 13.8 Å². The van der Waals surface area contributed by atoms with Crippen LogP contribution >= 0.6 is 0 Å². The van der Waals surface area contributed by atoms with Crippen LogP contribution in [0.25, 0.3) is 0 Å². The van der Waals surface area contributed by atoms with Gasteiger partial charge in [-0.1, -0.05) is 48.5 Å². The molecular weight excluding hydrogens is 560 g/mol. The Kier molecular flexibility index (Phi) is 8.52. The van der Waals surface area contributed by atoms with Crippen LogP contribution in [-0.2, 0) is 4.79 Å². The van der Waals surface area contributed by atoms with Crippen molar-refractivity contribution in [2.45, 2.75) is 19.9 Å². The molecule has 222 valence electrons. The number of hydrogen-bond acceptors (Lipinski definition) is 5. The van der Waals surface area contributed by atoms with E-state index in [0.29, 0.717) is 28.2 Å². The molecule has 0 saturated heterocycles. The van der Waals surface area contributed by atoms with Gasteiger partial charge in [0.1, 0.15) is 6.04 Å². The standard InChI is InChI=1S/C34H30N4O6/c1-21-12-17-28-29(18-21)38(20-30(39)26-11-7-6-8-22(26)2)32(41)27(19-37(28)31(40)23-9-4-3-5-10-23)36-34(44)35-25-15-13-24(14-16-25)33(42)43/h3-18,27H,19-20H2,1-2H3,(H,42,43)(H2,35,36,44). The first kappa shape index (κ1) is 29.7. The number of urea groups is 1. The van der Waals surface area contributed by atoms with Crippen LogP contribution in [0.15, 0.2) is 97.1 Å². The van der Waals surface area contributed by atoms with Crippen LogP contribution < -0.4 is 20.4 Å². The lowest BCUT2D eigenvalue weighted by Crippen LogP contribution is -2.54. The molecule has 0 spiro atoms. The summed E-state index contributed by atoms with van der Waals surface area (Å²) in [4.78, 5) is 68.7. The molecule has 1 aliphatic heterocycles. The second-order valence-electron chi connectivity index (χ2n) is 10.5.